The summed E-state index contributed by atoms with van der Waals surface area (Å²) in [5, 5.41) is 7.48. The van der Waals surface area contributed by atoms with Gasteiger partial charge in [0.05, 0.1) is 0 Å². The molecule has 1 unspecified atom stereocenters. The lowest BCUT2D eigenvalue weighted by atomic mass is 9.84. The highest BCUT2D eigenvalue weighted by Gasteiger charge is 2.35. The van der Waals surface area contributed by atoms with Crippen LogP contribution in [0.3, 0.4) is 0 Å². The standard InChI is InChI=1S/C19H25N5O2/c25-19(22-16-12-23-5-1-13(16)2-6-23)15-10-17-14(11-21-15)9-18(26-17)24-7-3-20-4-8-24/h9-11,13,16,20H,1-8,12H2,(H,22,25). The van der Waals surface area contributed by atoms with Gasteiger partial charge in [0.25, 0.3) is 5.91 Å². The molecule has 4 fully saturated rings. The van der Waals surface area contributed by atoms with Gasteiger partial charge in [0, 0.05) is 62.5 Å². The van der Waals surface area contributed by atoms with Crippen LogP contribution in [0.15, 0.2) is 22.7 Å². The predicted molar refractivity (Wildman–Crippen MR) is 99.5 cm³/mol. The molecule has 4 saturated heterocycles. The van der Waals surface area contributed by atoms with Gasteiger partial charge in [-0.2, -0.15) is 0 Å². The SMILES string of the molecule is O=C(NC1CN2CCC1CC2)c1cc2oc(N3CCNCC3)cc2cn1. The summed E-state index contributed by atoms with van der Waals surface area (Å²) in [6.45, 7) is 7.09. The molecule has 138 valence electrons. The largest absolute Gasteiger partial charge is 0.440 e. The van der Waals surface area contributed by atoms with Gasteiger partial charge in [-0.25, -0.2) is 0 Å². The average molecular weight is 355 g/mol. The van der Waals surface area contributed by atoms with Crippen molar-refractivity contribution in [2.45, 2.75) is 18.9 Å². The summed E-state index contributed by atoms with van der Waals surface area (Å²) in [5.74, 6) is 1.37. The summed E-state index contributed by atoms with van der Waals surface area (Å²) in [4.78, 5) is 21.7. The molecule has 0 aliphatic carbocycles. The molecule has 1 atom stereocenters. The molecule has 6 heterocycles. The molecule has 6 rings (SSSR count). The van der Waals surface area contributed by atoms with Crippen LogP contribution in [-0.2, 0) is 0 Å². The summed E-state index contributed by atoms with van der Waals surface area (Å²) >= 11 is 0. The van der Waals surface area contributed by atoms with Gasteiger partial charge in [-0.15, -0.1) is 0 Å². The van der Waals surface area contributed by atoms with E-state index in [1.54, 1.807) is 12.3 Å². The van der Waals surface area contributed by atoms with E-state index in [-0.39, 0.29) is 11.9 Å². The first-order valence-corrected chi connectivity index (χ1v) is 9.65. The Morgan fingerprint density at radius 3 is 2.73 bits per heavy atom. The molecular formula is C19H25N5O2. The third kappa shape index (κ3) is 2.95. The van der Waals surface area contributed by atoms with Gasteiger partial charge < -0.3 is 24.9 Å². The number of pyridine rings is 1. The first-order valence-electron chi connectivity index (χ1n) is 9.65. The third-order valence-corrected chi connectivity index (χ3v) is 6.02. The predicted octanol–water partition coefficient (Wildman–Crippen LogP) is 1.06. The normalized spacial score (nSPS) is 28.5. The van der Waals surface area contributed by atoms with E-state index >= 15 is 0 Å². The average Bonchev–Trinajstić information content (AvgIpc) is 3.13. The van der Waals surface area contributed by atoms with Gasteiger partial charge >= 0.3 is 0 Å². The second kappa shape index (κ2) is 6.55. The maximum atomic E-state index is 12.7. The highest BCUT2D eigenvalue weighted by atomic mass is 16.4. The fourth-order valence-electron chi connectivity index (χ4n) is 4.46. The van der Waals surface area contributed by atoms with Crippen molar-refractivity contribution >= 4 is 22.8 Å². The second-order valence-corrected chi connectivity index (χ2v) is 7.65. The number of amides is 1. The zero-order chi connectivity index (χ0) is 17.5. The van der Waals surface area contributed by atoms with Crippen molar-refractivity contribution in [1.82, 2.24) is 20.5 Å². The molecule has 1 amide bonds. The highest BCUT2D eigenvalue weighted by Crippen LogP contribution is 2.28. The Kier molecular flexibility index (Phi) is 4.05. The lowest BCUT2D eigenvalue weighted by Gasteiger charge is -2.44. The molecule has 7 nitrogen and oxygen atoms in total. The summed E-state index contributed by atoms with van der Waals surface area (Å²) in [6.07, 6.45) is 4.11. The summed E-state index contributed by atoms with van der Waals surface area (Å²) < 4.78 is 6.01. The Bertz CT molecular complexity index is 805. The van der Waals surface area contributed by atoms with Crippen molar-refractivity contribution < 1.29 is 9.21 Å². The number of hydrogen-bond donors (Lipinski definition) is 2. The van der Waals surface area contributed by atoms with Crippen molar-refractivity contribution in [2.75, 3.05) is 50.7 Å². The Balaban J connectivity index is 1.33. The van der Waals surface area contributed by atoms with Crippen molar-refractivity contribution in [2.24, 2.45) is 5.92 Å². The monoisotopic (exact) mass is 355 g/mol. The quantitative estimate of drug-likeness (QED) is 0.858. The van der Waals surface area contributed by atoms with E-state index in [2.05, 4.69) is 25.4 Å². The fraction of sp³-hybridized carbons (Fsp3) is 0.579. The first-order chi connectivity index (χ1) is 12.8. The number of nitrogens with one attached hydrogen (secondary N) is 2. The van der Waals surface area contributed by atoms with Crippen LogP contribution in [0.4, 0.5) is 5.88 Å². The number of nitrogens with zero attached hydrogens (tertiary/aromatic N) is 3. The van der Waals surface area contributed by atoms with Gasteiger partial charge in [-0.1, -0.05) is 0 Å². The van der Waals surface area contributed by atoms with Crippen molar-refractivity contribution in [3.8, 4) is 0 Å². The van der Waals surface area contributed by atoms with Gasteiger partial charge in [0.2, 0.25) is 0 Å². The molecule has 2 bridgehead atoms. The summed E-state index contributed by atoms with van der Waals surface area (Å²) in [7, 11) is 0. The van der Waals surface area contributed by atoms with E-state index < -0.39 is 0 Å². The number of piperazine rings is 1. The molecule has 0 radical (unpaired) electrons. The summed E-state index contributed by atoms with van der Waals surface area (Å²) in [6, 6.07) is 4.04. The third-order valence-electron chi connectivity index (χ3n) is 6.02. The molecule has 2 aromatic heterocycles. The van der Waals surface area contributed by atoms with Crippen molar-refractivity contribution in [3.05, 3.63) is 24.0 Å². The van der Waals surface area contributed by atoms with Crippen LogP contribution < -0.4 is 15.5 Å². The molecule has 4 aliphatic rings. The van der Waals surface area contributed by atoms with Gasteiger partial charge in [-0.05, 0) is 31.8 Å². The molecule has 26 heavy (non-hydrogen) atoms. The van der Waals surface area contributed by atoms with Crippen molar-refractivity contribution in [1.29, 1.82) is 0 Å². The number of anilines is 1. The van der Waals surface area contributed by atoms with E-state index in [9.17, 15) is 4.79 Å². The number of aromatic nitrogens is 1. The molecule has 4 aliphatic heterocycles. The summed E-state index contributed by atoms with van der Waals surface area (Å²) in [5.41, 5.74) is 1.17. The smallest absolute Gasteiger partial charge is 0.270 e. The topological polar surface area (TPSA) is 73.6 Å². The van der Waals surface area contributed by atoms with E-state index in [0.29, 0.717) is 11.6 Å². The number of rotatable bonds is 3. The maximum Gasteiger partial charge on any atom is 0.270 e. The van der Waals surface area contributed by atoms with Crippen LogP contribution in [0.5, 0.6) is 0 Å². The van der Waals surface area contributed by atoms with E-state index in [4.69, 9.17) is 4.42 Å². The number of piperidine rings is 3. The van der Waals surface area contributed by atoms with Crippen molar-refractivity contribution in [3.63, 3.8) is 0 Å². The molecular weight excluding hydrogens is 330 g/mol. The van der Waals surface area contributed by atoms with Gasteiger partial charge in [-0.3, -0.25) is 9.78 Å². The minimum atomic E-state index is -0.0919. The first kappa shape index (κ1) is 16.1. The van der Waals surface area contributed by atoms with Crippen LogP contribution in [0, 0.1) is 5.92 Å². The maximum absolute atomic E-state index is 12.7. The minimum Gasteiger partial charge on any atom is -0.440 e. The number of carbonyl (C=O) groups excluding carboxylic acids is 1. The zero-order valence-corrected chi connectivity index (χ0v) is 14.9. The molecule has 0 aromatic carbocycles. The Morgan fingerprint density at radius 1 is 1.19 bits per heavy atom. The van der Waals surface area contributed by atoms with Gasteiger partial charge in [0.1, 0.15) is 11.3 Å². The van der Waals surface area contributed by atoms with Crippen LogP contribution in [0.2, 0.25) is 0 Å². The van der Waals surface area contributed by atoms with Crippen LogP contribution in [0.1, 0.15) is 23.3 Å². The van der Waals surface area contributed by atoms with Gasteiger partial charge in [0.15, 0.2) is 5.88 Å². The van der Waals surface area contributed by atoms with Crippen LogP contribution in [-0.4, -0.2) is 67.6 Å². The number of hydrogen-bond acceptors (Lipinski definition) is 6. The van der Waals surface area contributed by atoms with E-state index in [1.807, 2.05) is 6.07 Å². The highest BCUT2D eigenvalue weighted by molar-refractivity contribution is 5.95. The van der Waals surface area contributed by atoms with E-state index in [0.717, 1.165) is 49.6 Å². The number of furan rings is 1. The number of carbonyl (C=O) groups is 1. The zero-order valence-electron chi connectivity index (χ0n) is 14.9. The van der Waals surface area contributed by atoms with Crippen LogP contribution in [0.25, 0.3) is 11.0 Å². The molecule has 0 spiro atoms. The Hall–Kier alpha value is -2.12. The second-order valence-electron chi connectivity index (χ2n) is 7.65. The van der Waals surface area contributed by atoms with Crippen LogP contribution >= 0.6 is 0 Å². The molecule has 0 saturated carbocycles. The molecule has 7 heteroatoms. The Labute approximate surface area is 152 Å². The molecule has 2 N–H and O–H groups in total. The fourth-order valence-corrected chi connectivity index (χ4v) is 4.46. The van der Waals surface area contributed by atoms with E-state index in [1.165, 1.54) is 25.9 Å². The lowest BCUT2D eigenvalue weighted by molar-refractivity contribution is 0.0618. The minimum absolute atomic E-state index is 0.0919. The molecule has 2 aromatic rings. The Morgan fingerprint density at radius 2 is 2.00 bits per heavy atom. The number of fused-ring (bicyclic) bond motifs is 4. The lowest BCUT2D eigenvalue weighted by Crippen LogP contribution is -2.57.